The lowest BCUT2D eigenvalue weighted by Gasteiger charge is -2.24. The zero-order chi connectivity index (χ0) is 24.3. The molecule has 180 valence electrons. The van der Waals surface area contributed by atoms with Crippen LogP contribution in [0.3, 0.4) is 0 Å². The van der Waals surface area contributed by atoms with E-state index in [1.165, 1.54) is 10.9 Å². The average Bonchev–Trinajstić information content (AvgIpc) is 3.29. The number of ether oxygens (including phenoxy) is 3. The van der Waals surface area contributed by atoms with E-state index >= 15 is 0 Å². The molecule has 1 aliphatic heterocycles. The number of aromatic amines is 1. The number of esters is 2. The van der Waals surface area contributed by atoms with Gasteiger partial charge in [0.2, 0.25) is 5.95 Å². The van der Waals surface area contributed by atoms with Gasteiger partial charge in [-0.15, -0.1) is 0 Å². The molecule has 13 nitrogen and oxygen atoms in total. The number of nitrogens with one attached hydrogen (secondary N) is 1. The summed E-state index contributed by atoms with van der Waals surface area (Å²) in [5.41, 5.74) is 4.99. The second kappa shape index (κ2) is 10.1. The van der Waals surface area contributed by atoms with Crippen LogP contribution in [0, 0.1) is 0 Å². The van der Waals surface area contributed by atoms with Gasteiger partial charge in [0.15, 0.2) is 41.5 Å². The standard InChI is InChI=1S/C20H27N5O8/c1-4-5-6-7-11(28)13(29)14-15(31-9(2)26)16(32-10(3)27)19(33-14)25-8-22-12-17(25)23-20(21)24-18(12)30/h8,11,14-16,19,28H,4-7H2,1-3H3,(H3,21,23,24,30)/t11?,14-,15-,16-,19-/m1/s1. The van der Waals surface area contributed by atoms with Gasteiger partial charge in [-0.1, -0.05) is 26.2 Å². The van der Waals surface area contributed by atoms with E-state index in [1.54, 1.807) is 0 Å². The van der Waals surface area contributed by atoms with Crippen molar-refractivity contribution in [3.8, 4) is 0 Å². The number of nitrogens with zero attached hydrogens (tertiary/aromatic N) is 3. The van der Waals surface area contributed by atoms with Crippen molar-refractivity contribution in [3.63, 3.8) is 0 Å². The summed E-state index contributed by atoms with van der Waals surface area (Å²) in [7, 11) is 0. The number of nitrogen functional groups attached to an aromatic ring is 1. The third kappa shape index (κ3) is 5.20. The van der Waals surface area contributed by atoms with E-state index in [0.29, 0.717) is 6.42 Å². The number of aliphatic hydroxyl groups is 1. The van der Waals surface area contributed by atoms with Crippen LogP contribution >= 0.6 is 0 Å². The molecule has 1 saturated heterocycles. The molecule has 0 amide bonds. The van der Waals surface area contributed by atoms with Gasteiger partial charge in [-0.3, -0.25) is 28.7 Å². The van der Waals surface area contributed by atoms with Crippen molar-refractivity contribution >= 4 is 34.8 Å². The fourth-order valence-corrected chi connectivity index (χ4v) is 3.78. The molecule has 4 N–H and O–H groups in total. The molecule has 0 radical (unpaired) electrons. The largest absolute Gasteiger partial charge is 0.455 e. The molecule has 1 fully saturated rings. The van der Waals surface area contributed by atoms with Crippen LogP contribution < -0.4 is 11.3 Å². The second-order valence-electron chi connectivity index (χ2n) is 7.78. The number of hydrogen-bond acceptors (Lipinski definition) is 11. The molecule has 0 spiro atoms. The highest BCUT2D eigenvalue weighted by atomic mass is 16.6. The number of aromatic nitrogens is 4. The summed E-state index contributed by atoms with van der Waals surface area (Å²) in [6.07, 6.45) is -2.93. The molecule has 0 aromatic carbocycles. The molecule has 2 aromatic heterocycles. The van der Waals surface area contributed by atoms with Crippen LogP contribution in [-0.2, 0) is 28.6 Å². The van der Waals surface area contributed by atoms with Crippen molar-refractivity contribution in [3.05, 3.63) is 16.7 Å². The van der Waals surface area contributed by atoms with Crippen LogP contribution in [0.5, 0.6) is 0 Å². The molecule has 0 saturated carbocycles. The normalized spacial score (nSPS) is 23.4. The highest BCUT2D eigenvalue weighted by Crippen LogP contribution is 2.36. The number of rotatable bonds is 9. The van der Waals surface area contributed by atoms with E-state index in [1.807, 2.05) is 6.92 Å². The topological polar surface area (TPSA) is 189 Å². The smallest absolute Gasteiger partial charge is 0.303 e. The summed E-state index contributed by atoms with van der Waals surface area (Å²) in [4.78, 5) is 59.2. The quantitative estimate of drug-likeness (QED) is 0.333. The van der Waals surface area contributed by atoms with Crippen molar-refractivity contribution in [2.75, 3.05) is 5.73 Å². The van der Waals surface area contributed by atoms with Gasteiger partial charge in [0.1, 0.15) is 6.10 Å². The predicted molar refractivity (Wildman–Crippen MR) is 113 cm³/mol. The minimum Gasteiger partial charge on any atom is -0.455 e. The van der Waals surface area contributed by atoms with Crippen molar-refractivity contribution in [2.24, 2.45) is 0 Å². The molecule has 13 heteroatoms. The molecule has 0 aliphatic carbocycles. The van der Waals surface area contributed by atoms with Crippen molar-refractivity contribution in [2.45, 2.75) is 77.1 Å². The minimum atomic E-state index is -1.43. The highest BCUT2D eigenvalue weighted by Gasteiger charge is 2.54. The third-order valence-electron chi connectivity index (χ3n) is 5.21. The van der Waals surface area contributed by atoms with Gasteiger partial charge in [0.05, 0.1) is 6.33 Å². The second-order valence-corrected chi connectivity index (χ2v) is 7.78. The predicted octanol–water partition coefficient (Wildman–Crippen LogP) is -0.0271. The van der Waals surface area contributed by atoms with Crippen LogP contribution in [0.15, 0.2) is 11.1 Å². The number of Topliss-reactive ketones (excluding diaryl/α,β-unsaturated/α-hetero) is 1. The lowest BCUT2D eigenvalue weighted by molar-refractivity contribution is -0.166. The van der Waals surface area contributed by atoms with Crippen LogP contribution in [0.25, 0.3) is 11.2 Å². The zero-order valence-corrected chi connectivity index (χ0v) is 18.5. The number of imidazole rings is 1. The Morgan fingerprint density at radius 1 is 1.24 bits per heavy atom. The Morgan fingerprint density at radius 3 is 2.55 bits per heavy atom. The van der Waals surface area contributed by atoms with Gasteiger partial charge in [0.25, 0.3) is 5.56 Å². The zero-order valence-electron chi connectivity index (χ0n) is 18.5. The van der Waals surface area contributed by atoms with Crippen LogP contribution in [0.4, 0.5) is 5.95 Å². The number of carbonyl (C=O) groups is 3. The maximum Gasteiger partial charge on any atom is 0.303 e. The first-order chi connectivity index (χ1) is 15.6. The van der Waals surface area contributed by atoms with E-state index in [9.17, 15) is 24.3 Å². The number of aliphatic hydroxyl groups excluding tert-OH is 1. The first kappa shape index (κ1) is 24.3. The molecular formula is C20H27N5O8. The van der Waals surface area contributed by atoms with E-state index in [2.05, 4.69) is 15.0 Å². The Morgan fingerprint density at radius 2 is 1.91 bits per heavy atom. The first-order valence-electron chi connectivity index (χ1n) is 10.6. The molecule has 3 rings (SSSR count). The van der Waals surface area contributed by atoms with Gasteiger partial charge < -0.3 is 25.1 Å². The average molecular weight is 465 g/mol. The molecule has 1 unspecified atom stereocenters. The maximum atomic E-state index is 13.0. The number of nitrogens with two attached hydrogens (primary N) is 1. The number of fused-ring (bicyclic) bond motifs is 1. The van der Waals surface area contributed by atoms with Gasteiger partial charge >= 0.3 is 11.9 Å². The molecular weight excluding hydrogens is 438 g/mol. The Kier molecular flexibility index (Phi) is 7.43. The minimum absolute atomic E-state index is 0.0107. The Bertz CT molecular complexity index is 1100. The molecule has 5 atom stereocenters. The number of carbonyl (C=O) groups excluding carboxylic acids is 3. The number of H-pyrrole nitrogens is 1. The third-order valence-corrected chi connectivity index (χ3v) is 5.21. The number of unbranched alkanes of at least 4 members (excludes halogenated alkanes) is 2. The van der Waals surface area contributed by atoms with Gasteiger partial charge in [0, 0.05) is 13.8 Å². The van der Waals surface area contributed by atoms with Crippen molar-refractivity contribution in [1.29, 1.82) is 0 Å². The molecule has 0 bridgehead atoms. The summed E-state index contributed by atoms with van der Waals surface area (Å²) in [6.45, 7) is 4.26. The summed E-state index contributed by atoms with van der Waals surface area (Å²) < 4.78 is 17.8. The fourth-order valence-electron chi connectivity index (χ4n) is 3.78. The van der Waals surface area contributed by atoms with E-state index < -0.39 is 53.9 Å². The van der Waals surface area contributed by atoms with Crippen LogP contribution in [-0.4, -0.2) is 66.8 Å². The van der Waals surface area contributed by atoms with Crippen LogP contribution in [0.1, 0.15) is 52.7 Å². The van der Waals surface area contributed by atoms with E-state index in [4.69, 9.17) is 19.9 Å². The van der Waals surface area contributed by atoms with Crippen molar-refractivity contribution in [1.82, 2.24) is 19.5 Å². The summed E-state index contributed by atoms with van der Waals surface area (Å²) in [6, 6.07) is 0. The summed E-state index contributed by atoms with van der Waals surface area (Å²) in [5.74, 6) is -2.37. The Hall–Kier alpha value is -3.32. The number of anilines is 1. The lowest BCUT2D eigenvalue weighted by Crippen LogP contribution is -2.44. The van der Waals surface area contributed by atoms with Gasteiger partial charge in [-0.2, -0.15) is 4.98 Å². The number of ketones is 1. The molecule has 33 heavy (non-hydrogen) atoms. The van der Waals surface area contributed by atoms with E-state index in [0.717, 1.165) is 26.7 Å². The Labute approximate surface area is 188 Å². The SMILES string of the molecule is CCCCCC(O)C(=O)[C@H]1O[C@@H](n2cnc3c(=O)[nH]c(N)nc32)[C@H](OC(C)=O)[C@@H]1OC(C)=O. The summed E-state index contributed by atoms with van der Waals surface area (Å²) in [5, 5.41) is 10.4. The molecule has 1 aliphatic rings. The van der Waals surface area contributed by atoms with Gasteiger partial charge in [-0.05, 0) is 6.42 Å². The fraction of sp³-hybridized carbons (Fsp3) is 0.600. The number of hydrogen-bond donors (Lipinski definition) is 3. The van der Waals surface area contributed by atoms with E-state index in [-0.39, 0.29) is 23.5 Å². The molecule has 2 aromatic rings. The van der Waals surface area contributed by atoms with Crippen molar-refractivity contribution < 1.29 is 33.7 Å². The molecule has 3 heterocycles. The first-order valence-corrected chi connectivity index (χ1v) is 10.6. The lowest BCUT2D eigenvalue weighted by atomic mass is 9.99. The van der Waals surface area contributed by atoms with Crippen LogP contribution in [0.2, 0.25) is 0 Å². The summed E-state index contributed by atoms with van der Waals surface area (Å²) >= 11 is 0. The monoisotopic (exact) mass is 465 g/mol. The van der Waals surface area contributed by atoms with Gasteiger partial charge in [-0.25, -0.2) is 4.98 Å². The Balaban J connectivity index is 2.02. The highest BCUT2D eigenvalue weighted by molar-refractivity contribution is 5.88. The maximum absolute atomic E-state index is 13.0.